The fourth-order valence-corrected chi connectivity index (χ4v) is 0.765. The van der Waals surface area contributed by atoms with Crippen LogP contribution in [-0.2, 0) is 11.3 Å². The second-order valence-corrected chi connectivity index (χ2v) is 2.20. The van der Waals surface area contributed by atoms with E-state index < -0.39 is 0 Å². The third-order valence-electron chi connectivity index (χ3n) is 1.42. The summed E-state index contributed by atoms with van der Waals surface area (Å²) in [6.45, 7) is 1.23. The van der Waals surface area contributed by atoms with E-state index in [1.54, 1.807) is 11.8 Å². The Morgan fingerprint density at radius 2 is 2.08 bits per heavy atom. The summed E-state index contributed by atoms with van der Waals surface area (Å²) in [7, 11) is 1.63. The van der Waals surface area contributed by atoms with Gasteiger partial charge < -0.3 is 16.2 Å². The molecule has 1 aromatic rings. The molecule has 0 amide bonds. The molecule has 0 saturated carbocycles. The normalized spacial score (nSPS) is 8.69. The van der Waals surface area contributed by atoms with Gasteiger partial charge in [-0.15, -0.1) is 24.8 Å². The van der Waals surface area contributed by atoms with Crippen molar-refractivity contribution in [2.24, 2.45) is 0 Å². The van der Waals surface area contributed by atoms with Crippen LogP contribution in [0.4, 0.5) is 11.5 Å². The van der Waals surface area contributed by atoms with E-state index in [2.05, 4.69) is 5.10 Å². The quantitative estimate of drug-likeness (QED) is 0.792. The van der Waals surface area contributed by atoms with Gasteiger partial charge in [-0.25, -0.2) is 4.68 Å². The number of halogens is 2. The molecule has 0 fully saturated rings. The zero-order chi connectivity index (χ0) is 8.27. The minimum absolute atomic E-state index is 0. The maximum absolute atomic E-state index is 5.56. The van der Waals surface area contributed by atoms with Crippen LogP contribution in [0.25, 0.3) is 0 Å². The molecular formula is C6H14Cl2N4O. The van der Waals surface area contributed by atoms with Crippen molar-refractivity contribution in [2.45, 2.75) is 6.54 Å². The average Bonchev–Trinajstić information content (AvgIpc) is 2.31. The summed E-state index contributed by atoms with van der Waals surface area (Å²) in [5.74, 6) is 0.502. The van der Waals surface area contributed by atoms with Crippen molar-refractivity contribution >= 4 is 36.3 Å². The number of aromatic nitrogens is 2. The molecule has 0 aliphatic heterocycles. The van der Waals surface area contributed by atoms with Gasteiger partial charge in [-0.3, -0.25) is 0 Å². The van der Waals surface area contributed by atoms with Crippen molar-refractivity contribution in [3.8, 4) is 0 Å². The van der Waals surface area contributed by atoms with E-state index in [0.717, 1.165) is 0 Å². The van der Waals surface area contributed by atoms with Gasteiger partial charge >= 0.3 is 0 Å². The van der Waals surface area contributed by atoms with E-state index in [-0.39, 0.29) is 24.8 Å². The molecular weight excluding hydrogens is 215 g/mol. The predicted molar refractivity (Wildman–Crippen MR) is 57.4 cm³/mol. The van der Waals surface area contributed by atoms with Gasteiger partial charge in [0.15, 0.2) is 0 Å². The standard InChI is InChI=1S/C6H12N4O.2ClH/c1-11-3-2-10-6(8)5(7)4-9-10;;/h4H,2-3,7-8H2,1H3;2*1H. The van der Waals surface area contributed by atoms with Gasteiger partial charge in [-0.2, -0.15) is 5.10 Å². The molecule has 1 aromatic heterocycles. The maximum Gasteiger partial charge on any atom is 0.145 e. The van der Waals surface area contributed by atoms with Crippen LogP contribution in [0.15, 0.2) is 6.20 Å². The summed E-state index contributed by atoms with van der Waals surface area (Å²) in [6, 6.07) is 0. The fourth-order valence-electron chi connectivity index (χ4n) is 0.765. The molecule has 1 heterocycles. The number of nitrogens with two attached hydrogens (primary N) is 2. The smallest absolute Gasteiger partial charge is 0.145 e. The monoisotopic (exact) mass is 228 g/mol. The van der Waals surface area contributed by atoms with E-state index >= 15 is 0 Å². The molecule has 0 saturated heterocycles. The topological polar surface area (TPSA) is 79.1 Å². The highest BCUT2D eigenvalue weighted by Gasteiger charge is 2.01. The molecule has 0 radical (unpaired) electrons. The van der Waals surface area contributed by atoms with E-state index in [1.807, 2.05) is 0 Å². The predicted octanol–water partition coefficient (Wildman–Crippen LogP) is 0.537. The zero-order valence-electron chi connectivity index (χ0n) is 7.27. The van der Waals surface area contributed by atoms with E-state index in [9.17, 15) is 0 Å². The minimum atomic E-state index is 0. The number of rotatable bonds is 3. The lowest BCUT2D eigenvalue weighted by Gasteiger charge is -2.01. The van der Waals surface area contributed by atoms with Crippen molar-refractivity contribution < 1.29 is 4.74 Å². The van der Waals surface area contributed by atoms with Gasteiger partial charge in [0.1, 0.15) is 5.82 Å². The fraction of sp³-hybridized carbons (Fsp3) is 0.500. The van der Waals surface area contributed by atoms with Gasteiger partial charge in [0.25, 0.3) is 0 Å². The molecule has 0 atom stereocenters. The number of methoxy groups -OCH3 is 1. The van der Waals surface area contributed by atoms with Crippen molar-refractivity contribution in [1.29, 1.82) is 0 Å². The first-order valence-electron chi connectivity index (χ1n) is 3.31. The van der Waals surface area contributed by atoms with Crippen LogP contribution in [0.3, 0.4) is 0 Å². The summed E-state index contributed by atoms with van der Waals surface area (Å²) >= 11 is 0. The van der Waals surface area contributed by atoms with Crippen LogP contribution in [0.5, 0.6) is 0 Å². The van der Waals surface area contributed by atoms with Crippen LogP contribution in [-0.4, -0.2) is 23.5 Å². The molecule has 5 nitrogen and oxygen atoms in total. The van der Waals surface area contributed by atoms with Gasteiger partial charge in [0, 0.05) is 7.11 Å². The van der Waals surface area contributed by atoms with Crippen LogP contribution in [0.2, 0.25) is 0 Å². The lowest BCUT2D eigenvalue weighted by atomic mass is 10.5. The van der Waals surface area contributed by atoms with Gasteiger partial charge in [0.05, 0.1) is 25.0 Å². The second-order valence-electron chi connectivity index (χ2n) is 2.20. The molecule has 4 N–H and O–H groups in total. The van der Waals surface area contributed by atoms with Crippen molar-refractivity contribution in [3.63, 3.8) is 0 Å². The molecule has 0 aliphatic carbocycles. The molecule has 78 valence electrons. The van der Waals surface area contributed by atoms with Gasteiger partial charge in [-0.1, -0.05) is 0 Å². The molecule has 1 rings (SSSR count). The highest BCUT2D eigenvalue weighted by Crippen LogP contribution is 2.11. The first kappa shape index (κ1) is 14.9. The Morgan fingerprint density at radius 3 is 2.46 bits per heavy atom. The van der Waals surface area contributed by atoms with Crippen LogP contribution in [0, 0.1) is 0 Å². The van der Waals surface area contributed by atoms with E-state index in [0.29, 0.717) is 24.7 Å². The van der Waals surface area contributed by atoms with Crippen molar-refractivity contribution in [1.82, 2.24) is 9.78 Å². The zero-order valence-corrected chi connectivity index (χ0v) is 8.90. The second kappa shape index (κ2) is 6.82. The molecule has 0 bridgehead atoms. The molecule has 0 aliphatic rings. The summed E-state index contributed by atoms with van der Waals surface area (Å²) in [5.41, 5.74) is 11.5. The summed E-state index contributed by atoms with van der Waals surface area (Å²) < 4.78 is 6.46. The molecule has 7 heteroatoms. The maximum atomic E-state index is 5.56. The number of nitrogen functional groups attached to an aromatic ring is 2. The largest absolute Gasteiger partial charge is 0.394 e. The lowest BCUT2D eigenvalue weighted by molar-refractivity contribution is 0.184. The average molecular weight is 229 g/mol. The third-order valence-corrected chi connectivity index (χ3v) is 1.42. The summed E-state index contributed by atoms with van der Waals surface area (Å²) in [5, 5.41) is 3.94. The van der Waals surface area contributed by atoms with Crippen LogP contribution < -0.4 is 11.5 Å². The van der Waals surface area contributed by atoms with Gasteiger partial charge in [-0.05, 0) is 0 Å². The lowest BCUT2D eigenvalue weighted by Crippen LogP contribution is -2.09. The molecule has 0 spiro atoms. The van der Waals surface area contributed by atoms with E-state index in [1.165, 1.54) is 6.20 Å². The number of anilines is 2. The Morgan fingerprint density at radius 1 is 1.46 bits per heavy atom. The van der Waals surface area contributed by atoms with E-state index in [4.69, 9.17) is 16.2 Å². The number of nitrogens with zero attached hydrogens (tertiary/aromatic N) is 2. The number of ether oxygens (including phenoxy) is 1. The first-order chi connectivity index (χ1) is 5.25. The Balaban J connectivity index is 0. The minimum Gasteiger partial charge on any atom is -0.394 e. The molecule has 0 unspecified atom stereocenters. The molecule has 13 heavy (non-hydrogen) atoms. The van der Waals surface area contributed by atoms with Gasteiger partial charge in [0.2, 0.25) is 0 Å². The number of hydrogen-bond donors (Lipinski definition) is 2. The number of hydrogen-bond acceptors (Lipinski definition) is 4. The third kappa shape index (κ3) is 3.71. The van der Waals surface area contributed by atoms with Crippen LogP contribution in [0.1, 0.15) is 0 Å². The Bertz CT molecular complexity index is 241. The van der Waals surface area contributed by atoms with Crippen molar-refractivity contribution in [2.75, 3.05) is 25.2 Å². The Hall–Kier alpha value is -0.650. The summed E-state index contributed by atoms with van der Waals surface area (Å²) in [6.07, 6.45) is 1.53. The highest BCUT2D eigenvalue weighted by atomic mass is 35.5. The van der Waals surface area contributed by atoms with Crippen molar-refractivity contribution in [3.05, 3.63) is 6.20 Å². The van der Waals surface area contributed by atoms with Crippen LogP contribution >= 0.6 is 24.8 Å². The molecule has 0 aromatic carbocycles. The highest BCUT2D eigenvalue weighted by molar-refractivity contribution is 5.85. The first-order valence-corrected chi connectivity index (χ1v) is 3.31. The SMILES string of the molecule is COCCn1ncc(N)c1N.Cl.Cl. The Kier molecular flexibility index (Phi) is 7.79. The summed E-state index contributed by atoms with van der Waals surface area (Å²) in [4.78, 5) is 0. The Labute approximate surface area is 89.2 Å².